The first kappa shape index (κ1) is 13.2. The van der Waals surface area contributed by atoms with Crippen molar-refractivity contribution in [3.05, 3.63) is 36.7 Å². The lowest BCUT2D eigenvalue weighted by Crippen LogP contribution is -2.20. The molecule has 4 nitrogen and oxygen atoms in total. The monoisotopic (exact) mass is 270 g/mol. The zero-order valence-electron chi connectivity index (χ0n) is 12.0. The van der Waals surface area contributed by atoms with E-state index in [1.165, 1.54) is 31.4 Å². The largest absolute Gasteiger partial charge is 0.385 e. The summed E-state index contributed by atoms with van der Waals surface area (Å²) < 4.78 is 0. The van der Waals surface area contributed by atoms with E-state index in [0.717, 1.165) is 24.1 Å². The van der Waals surface area contributed by atoms with Crippen LogP contribution in [0.15, 0.2) is 36.7 Å². The zero-order chi connectivity index (χ0) is 13.8. The molecule has 2 unspecified atom stereocenters. The van der Waals surface area contributed by atoms with Crippen molar-refractivity contribution in [3.8, 4) is 5.69 Å². The fraction of sp³-hybridized carbons (Fsp3) is 0.500. The van der Waals surface area contributed by atoms with Gasteiger partial charge in [0.05, 0.1) is 18.1 Å². The van der Waals surface area contributed by atoms with Crippen LogP contribution in [0, 0.1) is 11.8 Å². The van der Waals surface area contributed by atoms with Gasteiger partial charge >= 0.3 is 0 Å². The molecule has 2 aromatic rings. The van der Waals surface area contributed by atoms with Crippen molar-refractivity contribution in [3.63, 3.8) is 0 Å². The molecule has 3 rings (SSSR count). The summed E-state index contributed by atoms with van der Waals surface area (Å²) in [4.78, 5) is 1.63. The number of aromatic nitrogens is 3. The molecule has 20 heavy (non-hydrogen) atoms. The Hall–Kier alpha value is -1.84. The fourth-order valence-electron chi connectivity index (χ4n) is 3.07. The first-order valence-electron chi connectivity index (χ1n) is 7.52. The van der Waals surface area contributed by atoms with E-state index in [4.69, 9.17) is 0 Å². The molecule has 1 aromatic carbocycles. The maximum Gasteiger partial charge on any atom is 0.0858 e. The minimum atomic E-state index is 0.825. The highest BCUT2D eigenvalue weighted by molar-refractivity contribution is 5.48. The third kappa shape index (κ3) is 3.18. The van der Waals surface area contributed by atoms with Crippen molar-refractivity contribution in [2.24, 2.45) is 11.8 Å². The molecule has 106 valence electrons. The van der Waals surface area contributed by atoms with Gasteiger partial charge in [0, 0.05) is 12.2 Å². The first-order valence-corrected chi connectivity index (χ1v) is 7.52. The van der Waals surface area contributed by atoms with Crippen LogP contribution in [0.1, 0.15) is 32.6 Å². The second kappa shape index (κ2) is 6.07. The number of benzene rings is 1. The van der Waals surface area contributed by atoms with Crippen LogP contribution >= 0.6 is 0 Å². The van der Waals surface area contributed by atoms with Crippen molar-refractivity contribution in [2.75, 3.05) is 11.9 Å². The summed E-state index contributed by atoms with van der Waals surface area (Å²) in [5.74, 6) is 1.72. The number of rotatable bonds is 4. The average molecular weight is 270 g/mol. The maximum absolute atomic E-state index is 4.13. The SMILES string of the molecule is CC1CCCC(CNc2ccc(-n3nccn3)cc2)C1. The number of nitrogens with one attached hydrogen (secondary N) is 1. The summed E-state index contributed by atoms with van der Waals surface area (Å²) in [6, 6.07) is 8.30. The summed E-state index contributed by atoms with van der Waals surface area (Å²) in [6.45, 7) is 3.46. The molecule has 4 heteroatoms. The van der Waals surface area contributed by atoms with Gasteiger partial charge in [0.1, 0.15) is 0 Å². The Kier molecular flexibility index (Phi) is 4.00. The van der Waals surface area contributed by atoms with Crippen LogP contribution in [0.4, 0.5) is 5.69 Å². The third-order valence-corrected chi connectivity index (χ3v) is 4.16. The zero-order valence-corrected chi connectivity index (χ0v) is 12.0. The second-order valence-electron chi connectivity index (χ2n) is 5.88. The normalized spacial score (nSPS) is 22.6. The Bertz CT molecular complexity index is 518. The second-order valence-corrected chi connectivity index (χ2v) is 5.88. The van der Waals surface area contributed by atoms with Crippen molar-refractivity contribution in [1.29, 1.82) is 0 Å². The summed E-state index contributed by atoms with van der Waals surface area (Å²) in [7, 11) is 0. The Morgan fingerprint density at radius 3 is 2.60 bits per heavy atom. The van der Waals surface area contributed by atoms with Gasteiger partial charge in [0.25, 0.3) is 0 Å². The van der Waals surface area contributed by atoms with E-state index in [1.807, 2.05) is 12.1 Å². The molecule has 2 atom stereocenters. The summed E-state index contributed by atoms with van der Waals surface area (Å²) in [5.41, 5.74) is 2.17. The maximum atomic E-state index is 4.13. The highest BCUT2D eigenvalue weighted by atomic mass is 15.5. The standard InChI is InChI=1S/C16H22N4/c1-13-3-2-4-14(11-13)12-17-15-5-7-16(8-6-15)20-18-9-10-19-20/h5-10,13-14,17H,2-4,11-12H2,1H3. The summed E-state index contributed by atoms with van der Waals surface area (Å²) >= 11 is 0. The molecule has 0 aliphatic heterocycles. The molecule has 1 aromatic heterocycles. The molecule has 1 heterocycles. The minimum Gasteiger partial charge on any atom is -0.385 e. The van der Waals surface area contributed by atoms with Gasteiger partial charge in [-0.3, -0.25) is 0 Å². The quantitative estimate of drug-likeness (QED) is 0.924. The minimum absolute atomic E-state index is 0.825. The van der Waals surface area contributed by atoms with Gasteiger partial charge in [-0.25, -0.2) is 0 Å². The van der Waals surface area contributed by atoms with Crippen molar-refractivity contribution < 1.29 is 0 Å². The van der Waals surface area contributed by atoms with E-state index >= 15 is 0 Å². The lowest BCUT2D eigenvalue weighted by atomic mass is 9.82. The van der Waals surface area contributed by atoms with Crippen LogP contribution in [0.2, 0.25) is 0 Å². The van der Waals surface area contributed by atoms with Crippen LogP contribution in [0.25, 0.3) is 5.69 Å². The molecule has 1 N–H and O–H groups in total. The van der Waals surface area contributed by atoms with E-state index in [2.05, 4.69) is 34.6 Å². The van der Waals surface area contributed by atoms with E-state index < -0.39 is 0 Å². The predicted molar refractivity (Wildman–Crippen MR) is 81.0 cm³/mol. The Balaban J connectivity index is 1.56. The smallest absolute Gasteiger partial charge is 0.0858 e. The summed E-state index contributed by atoms with van der Waals surface area (Å²) in [6.07, 6.45) is 8.90. The fourth-order valence-corrected chi connectivity index (χ4v) is 3.07. The topological polar surface area (TPSA) is 42.7 Å². The highest BCUT2D eigenvalue weighted by Gasteiger charge is 2.18. The van der Waals surface area contributed by atoms with Crippen molar-refractivity contribution >= 4 is 5.69 Å². The van der Waals surface area contributed by atoms with Gasteiger partial charge in [0.15, 0.2) is 0 Å². The Morgan fingerprint density at radius 1 is 1.15 bits per heavy atom. The molecule has 0 radical (unpaired) electrons. The highest BCUT2D eigenvalue weighted by Crippen LogP contribution is 2.28. The third-order valence-electron chi connectivity index (χ3n) is 4.16. The lowest BCUT2D eigenvalue weighted by molar-refractivity contribution is 0.293. The van der Waals surface area contributed by atoms with Gasteiger partial charge in [-0.05, 0) is 48.9 Å². The van der Waals surface area contributed by atoms with Crippen LogP contribution in [-0.2, 0) is 0 Å². The molecule has 1 fully saturated rings. The van der Waals surface area contributed by atoms with Crippen molar-refractivity contribution in [1.82, 2.24) is 15.0 Å². The molecule has 1 saturated carbocycles. The molecule has 0 amide bonds. The molecule has 0 bridgehead atoms. The first-order chi connectivity index (χ1) is 9.81. The van der Waals surface area contributed by atoms with Crippen LogP contribution in [0.3, 0.4) is 0 Å². The van der Waals surface area contributed by atoms with Gasteiger partial charge in [-0.15, -0.1) is 0 Å². The van der Waals surface area contributed by atoms with Gasteiger partial charge in [-0.1, -0.05) is 19.8 Å². The number of hydrogen-bond acceptors (Lipinski definition) is 3. The molecule has 0 spiro atoms. The number of hydrogen-bond donors (Lipinski definition) is 1. The molecular weight excluding hydrogens is 248 g/mol. The molecular formula is C16H22N4. The van der Waals surface area contributed by atoms with Gasteiger partial charge in [0.2, 0.25) is 0 Å². The Labute approximate surface area is 120 Å². The predicted octanol–water partition coefficient (Wildman–Crippen LogP) is 3.51. The average Bonchev–Trinajstić information content (AvgIpc) is 3.00. The van der Waals surface area contributed by atoms with Crippen LogP contribution in [-0.4, -0.2) is 21.5 Å². The summed E-state index contributed by atoms with van der Waals surface area (Å²) in [5, 5.41) is 11.8. The van der Waals surface area contributed by atoms with E-state index in [-0.39, 0.29) is 0 Å². The van der Waals surface area contributed by atoms with Crippen LogP contribution < -0.4 is 5.32 Å². The molecule has 1 aliphatic carbocycles. The number of anilines is 1. The van der Waals surface area contributed by atoms with Crippen LogP contribution in [0.5, 0.6) is 0 Å². The lowest BCUT2D eigenvalue weighted by Gasteiger charge is -2.27. The number of nitrogens with zero attached hydrogens (tertiary/aromatic N) is 3. The molecule has 0 saturated heterocycles. The van der Waals surface area contributed by atoms with E-state index in [0.29, 0.717) is 0 Å². The van der Waals surface area contributed by atoms with E-state index in [9.17, 15) is 0 Å². The van der Waals surface area contributed by atoms with Gasteiger partial charge in [-0.2, -0.15) is 15.0 Å². The Morgan fingerprint density at radius 2 is 1.90 bits per heavy atom. The van der Waals surface area contributed by atoms with Gasteiger partial charge < -0.3 is 5.32 Å². The van der Waals surface area contributed by atoms with Crippen molar-refractivity contribution in [2.45, 2.75) is 32.6 Å². The van der Waals surface area contributed by atoms with E-state index in [1.54, 1.807) is 17.2 Å². The molecule has 1 aliphatic rings.